The van der Waals surface area contributed by atoms with Crippen LogP contribution in [0.15, 0.2) is 0 Å². The van der Waals surface area contributed by atoms with Crippen molar-refractivity contribution in [3.05, 3.63) is 0 Å². The summed E-state index contributed by atoms with van der Waals surface area (Å²) in [6, 6.07) is 2.51. The van der Waals surface area contributed by atoms with Crippen molar-refractivity contribution in [3.8, 4) is 6.07 Å². The van der Waals surface area contributed by atoms with Crippen molar-refractivity contribution < 1.29 is 4.79 Å². The Balaban J connectivity index is 2.72. The summed E-state index contributed by atoms with van der Waals surface area (Å²) < 4.78 is 0. The van der Waals surface area contributed by atoms with Crippen LogP contribution in [-0.4, -0.2) is 35.1 Å². The van der Waals surface area contributed by atoms with Gasteiger partial charge in [0, 0.05) is 19.1 Å². The SMILES string of the molecule is CC1CCC(C)N(C(=O)CC#N)N1C. The van der Waals surface area contributed by atoms with Crippen LogP contribution in [0.1, 0.15) is 33.1 Å². The largest absolute Gasteiger partial charge is 0.272 e. The van der Waals surface area contributed by atoms with Crippen LogP contribution in [0.25, 0.3) is 0 Å². The van der Waals surface area contributed by atoms with Gasteiger partial charge < -0.3 is 0 Å². The van der Waals surface area contributed by atoms with Crippen LogP contribution < -0.4 is 0 Å². The molecule has 78 valence electrons. The molecule has 4 nitrogen and oxygen atoms in total. The lowest BCUT2D eigenvalue weighted by Gasteiger charge is -2.44. The number of carbonyl (C=O) groups excluding carboxylic acids is 1. The minimum atomic E-state index is -0.0888. The van der Waals surface area contributed by atoms with Crippen molar-refractivity contribution >= 4 is 5.91 Å². The molecule has 0 saturated carbocycles. The van der Waals surface area contributed by atoms with Crippen LogP contribution in [-0.2, 0) is 4.79 Å². The highest BCUT2D eigenvalue weighted by Gasteiger charge is 2.31. The van der Waals surface area contributed by atoms with E-state index in [2.05, 4.69) is 6.92 Å². The number of hydrazine groups is 1. The topological polar surface area (TPSA) is 47.3 Å². The molecule has 1 amide bonds. The van der Waals surface area contributed by atoms with Crippen LogP contribution in [0.4, 0.5) is 0 Å². The van der Waals surface area contributed by atoms with E-state index in [1.807, 2.05) is 25.0 Å². The van der Waals surface area contributed by atoms with Gasteiger partial charge in [0.25, 0.3) is 5.91 Å². The number of rotatable bonds is 1. The van der Waals surface area contributed by atoms with Gasteiger partial charge in [-0.05, 0) is 26.7 Å². The number of amides is 1. The molecule has 0 radical (unpaired) electrons. The van der Waals surface area contributed by atoms with Gasteiger partial charge in [0.2, 0.25) is 0 Å². The van der Waals surface area contributed by atoms with Crippen LogP contribution >= 0.6 is 0 Å². The molecule has 4 heteroatoms. The lowest BCUT2D eigenvalue weighted by Crippen LogP contribution is -2.56. The van der Waals surface area contributed by atoms with Gasteiger partial charge in [0.1, 0.15) is 6.42 Å². The fourth-order valence-electron chi connectivity index (χ4n) is 1.89. The molecule has 0 aromatic rings. The number of carbonyl (C=O) groups is 1. The number of hydrogen-bond acceptors (Lipinski definition) is 3. The second kappa shape index (κ2) is 4.43. The number of hydrogen-bond donors (Lipinski definition) is 0. The van der Waals surface area contributed by atoms with Crippen LogP contribution in [0.5, 0.6) is 0 Å². The summed E-state index contributed by atoms with van der Waals surface area (Å²) in [4.78, 5) is 11.6. The first-order chi connectivity index (χ1) is 6.57. The maximum Gasteiger partial charge on any atom is 0.251 e. The molecule has 1 heterocycles. The smallest absolute Gasteiger partial charge is 0.251 e. The predicted octanol–water partition coefficient (Wildman–Crippen LogP) is 1.15. The molecule has 0 spiro atoms. The molecule has 1 fully saturated rings. The highest BCUT2D eigenvalue weighted by atomic mass is 16.2. The van der Waals surface area contributed by atoms with E-state index in [4.69, 9.17) is 5.26 Å². The zero-order valence-corrected chi connectivity index (χ0v) is 9.03. The molecule has 0 N–H and O–H groups in total. The van der Waals surface area contributed by atoms with Crippen molar-refractivity contribution in [1.82, 2.24) is 10.0 Å². The third-order valence-corrected chi connectivity index (χ3v) is 2.88. The molecule has 0 aromatic heterocycles. The molecule has 2 unspecified atom stereocenters. The van der Waals surface area contributed by atoms with E-state index in [0.717, 1.165) is 12.8 Å². The molecule has 2 atom stereocenters. The monoisotopic (exact) mass is 195 g/mol. The lowest BCUT2D eigenvalue weighted by molar-refractivity contribution is -0.161. The van der Waals surface area contributed by atoms with Crippen molar-refractivity contribution in [3.63, 3.8) is 0 Å². The third kappa shape index (κ3) is 2.05. The van der Waals surface area contributed by atoms with Gasteiger partial charge in [-0.2, -0.15) is 5.26 Å². The Hall–Kier alpha value is -1.08. The standard InChI is InChI=1S/C10H17N3O/c1-8-4-5-9(2)13(12(8)3)10(14)6-7-11/h8-9H,4-6H2,1-3H3. The molecule has 0 bridgehead atoms. The van der Waals surface area contributed by atoms with Crippen molar-refractivity contribution in [2.45, 2.75) is 45.2 Å². The van der Waals surface area contributed by atoms with E-state index in [1.165, 1.54) is 0 Å². The Bertz CT molecular complexity index is 259. The van der Waals surface area contributed by atoms with Crippen molar-refractivity contribution in [2.24, 2.45) is 0 Å². The van der Waals surface area contributed by atoms with E-state index in [-0.39, 0.29) is 18.4 Å². The van der Waals surface area contributed by atoms with E-state index < -0.39 is 0 Å². The zero-order valence-electron chi connectivity index (χ0n) is 9.03. The summed E-state index contributed by atoms with van der Waals surface area (Å²) in [6.45, 7) is 4.12. The first-order valence-electron chi connectivity index (χ1n) is 4.99. The van der Waals surface area contributed by atoms with Gasteiger partial charge in [0.15, 0.2) is 0 Å². The molecule has 0 aromatic carbocycles. The highest BCUT2D eigenvalue weighted by Crippen LogP contribution is 2.22. The minimum Gasteiger partial charge on any atom is -0.272 e. The summed E-state index contributed by atoms with van der Waals surface area (Å²) in [7, 11) is 1.91. The molecular weight excluding hydrogens is 178 g/mol. The fourth-order valence-corrected chi connectivity index (χ4v) is 1.89. The molecular formula is C10H17N3O. The maximum absolute atomic E-state index is 11.6. The predicted molar refractivity (Wildman–Crippen MR) is 53.0 cm³/mol. The Kier molecular flexibility index (Phi) is 3.48. The van der Waals surface area contributed by atoms with E-state index in [1.54, 1.807) is 5.01 Å². The average molecular weight is 195 g/mol. The first kappa shape index (κ1) is 11.0. The molecule has 14 heavy (non-hydrogen) atoms. The van der Waals surface area contributed by atoms with Gasteiger partial charge in [-0.3, -0.25) is 9.80 Å². The summed E-state index contributed by atoms with van der Waals surface area (Å²) in [5.74, 6) is -0.0888. The van der Waals surface area contributed by atoms with Gasteiger partial charge in [0.05, 0.1) is 6.07 Å². The first-order valence-corrected chi connectivity index (χ1v) is 4.99. The number of nitriles is 1. The van der Waals surface area contributed by atoms with Crippen LogP contribution in [0, 0.1) is 11.3 Å². The fraction of sp³-hybridized carbons (Fsp3) is 0.800. The second-order valence-electron chi connectivity index (χ2n) is 3.92. The normalized spacial score (nSPS) is 28.6. The van der Waals surface area contributed by atoms with Gasteiger partial charge >= 0.3 is 0 Å². The molecule has 1 rings (SSSR count). The molecule has 0 aliphatic carbocycles. The zero-order chi connectivity index (χ0) is 10.7. The Morgan fingerprint density at radius 2 is 2.00 bits per heavy atom. The summed E-state index contributed by atoms with van der Waals surface area (Å²) >= 11 is 0. The number of nitrogens with zero attached hydrogens (tertiary/aromatic N) is 3. The van der Waals surface area contributed by atoms with Gasteiger partial charge in [-0.15, -0.1) is 0 Å². The van der Waals surface area contributed by atoms with Crippen LogP contribution in [0.3, 0.4) is 0 Å². The second-order valence-corrected chi connectivity index (χ2v) is 3.92. The Morgan fingerprint density at radius 1 is 1.43 bits per heavy atom. The molecule has 1 aliphatic heterocycles. The van der Waals surface area contributed by atoms with E-state index in [9.17, 15) is 4.79 Å². The Labute approximate surface area is 85.1 Å². The van der Waals surface area contributed by atoms with Gasteiger partial charge in [-0.25, -0.2) is 5.01 Å². The quantitative estimate of drug-likeness (QED) is 0.630. The van der Waals surface area contributed by atoms with Gasteiger partial charge in [-0.1, -0.05) is 0 Å². The summed E-state index contributed by atoms with van der Waals surface area (Å²) in [5, 5.41) is 12.2. The Morgan fingerprint density at radius 3 is 2.57 bits per heavy atom. The van der Waals surface area contributed by atoms with E-state index >= 15 is 0 Å². The minimum absolute atomic E-state index is 0.0264. The highest BCUT2D eigenvalue weighted by molar-refractivity contribution is 5.78. The molecule has 1 aliphatic rings. The third-order valence-electron chi connectivity index (χ3n) is 2.88. The van der Waals surface area contributed by atoms with Crippen LogP contribution in [0.2, 0.25) is 0 Å². The van der Waals surface area contributed by atoms with Crippen molar-refractivity contribution in [1.29, 1.82) is 5.26 Å². The average Bonchev–Trinajstić information content (AvgIpc) is 2.13. The lowest BCUT2D eigenvalue weighted by atomic mass is 10.0. The molecule has 1 saturated heterocycles. The maximum atomic E-state index is 11.6. The summed E-state index contributed by atoms with van der Waals surface area (Å²) in [6.07, 6.45) is 2.10. The summed E-state index contributed by atoms with van der Waals surface area (Å²) in [5.41, 5.74) is 0. The van der Waals surface area contributed by atoms with Crippen molar-refractivity contribution in [2.75, 3.05) is 7.05 Å². The van der Waals surface area contributed by atoms with E-state index in [0.29, 0.717) is 6.04 Å².